The van der Waals surface area contributed by atoms with Gasteiger partial charge in [0.15, 0.2) is 0 Å². The van der Waals surface area contributed by atoms with Gasteiger partial charge in [-0.2, -0.15) is 0 Å². The van der Waals surface area contributed by atoms with Gasteiger partial charge < -0.3 is 0 Å². The van der Waals surface area contributed by atoms with E-state index in [0.29, 0.717) is 0 Å². The van der Waals surface area contributed by atoms with Gasteiger partial charge in [-0.1, -0.05) is 0 Å². The molecular formula is C8H9O5ReSn. The van der Waals surface area contributed by atoms with Crippen LogP contribution in [0.3, 0.4) is 0 Å². The summed E-state index contributed by atoms with van der Waals surface area (Å²) in [6.45, 7) is 22.5. The van der Waals surface area contributed by atoms with Crippen LogP contribution < -0.4 is 0 Å². The molecule has 0 saturated carbocycles. The van der Waals surface area contributed by atoms with Crippen molar-refractivity contribution in [1.82, 2.24) is 0 Å². The Kier molecular flexibility index (Phi) is 747. The van der Waals surface area contributed by atoms with Crippen LogP contribution in [0.1, 0.15) is 0 Å². The van der Waals surface area contributed by atoms with Crippen LogP contribution in [0.15, 0.2) is 0 Å². The molecule has 0 bridgehead atoms. The minimum atomic E-state index is -0.543. The summed E-state index contributed by atoms with van der Waals surface area (Å²) in [4.78, 5) is 7.09. The van der Waals surface area contributed by atoms with Crippen molar-refractivity contribution < 1.29 is 43.7 Å². The fourth-order valence-corrected chi connectivity index (χ4v) is 0. The first-order valence-electron chi connectivity index (χ1n) is 2.52. The van der Waals surface area contributed by atoms with Crippen LogP contribution in [-0.2, 0) is 43.7 Å². The third-order valence-electron chi connectivity index (χ3n) is 0. The summed E-state index contributed by atoms with van der Waals surface area (Å²) in [5, 5.41) is 0. The largest absolute Gasteiger partial charge is 0 e. The average molecular weight is 490 g/mol. The van der Waals surface area contributed by atoms with E-state index in [1.807, 2.05) is 0 Å². The Morgan fingerprint density at radius 2 is 0.533 bits per heavy atom. The summed E-state index contributed by atoms with van der Waals surface area (Å²) in [7, 11) is 0. The predicted octanol–water partition coefficient (Wildman–Crippen LogP) is 1.18. The van der Waals surface area contributed by atoms with Crippen LogP contribution in [0.5, 0.6) is 0 Å². The van der Waals surface area contributed by atoms with E-state index < -0.39 is 19.8 Å². The second kappa shape index (κ2) is 245. The number of rotatable bonds is 0. The predicted molar refractivity (Wildman–Crippen MR) is 43.0 cm³/mol. The molecule has 0 aliphatic heterocycles. The molecule has 0 aliphatic rings. The molecule has 0 spiro atoms. The Balaban J connectivity index is -0.0000000105. The number of hydrogen-bond acceptors (Lipinski definition) is 0. The van der Waals surface area contributed by atoms with Crippen molar-refractivity contribution in [3.05, 3.63) is 33.3 Å². The zero-order chi connectivity index (χ0) is 13.6. The van der Waals surface area contributed by atoms with Gasteiger partial charge in [0.1, 0.15) is 0 Å². The Labute approximate surface area is 111 Å². The molecule has 0 aromatic carbocycles. The maximum Gasteiger partial charge on any atom is 0 e. The van der Waals surface area contributed by atoms with Crippen molar-refractivity contribution in [1.29, 1.82) is 0 Å². The molecule has 5 nitrogen and oxygen atoms in total. The van der Waals surface area contributed by atoms with Gasteiger partial charge >= 0.3 is 91.1 Å². The fourth-order valence-electron chi connectivity index (χ4n) is 0. The molecule has 0 amide bonds. The minimum absolute atomic E-state index is 0. The third-order valence-corrected chi connectivity index (χ3v) is 0. The zero-order valence-corrected chi connectivity index (χ0v) is 14.0. The van der Waals surface area contributed by atoms with Crippen molar-refractivity contribution in [2.45, 2.75) is 14.8 Å². The van der Waals surface area contributed by atoms with Crippen LogP contribution in [0, 0.1) is 33.3 Å². The fraction of sp³-hybridized carbons (Fsp3) is 0.375. The Hall–Kier alpha value is 0.161. The smallest absolute Gasteiger partial charge is 0 e. The van der Waals surface area contributed by atoms with Crippen molar-refractivity contribution >= 4 is 19.8 Å². The van der Waals surface area contributed by atoms with E-state index in [9.17, 15) is 0 Å². The topological polar surface area (TPSA) is 99.5 Å². The Bertz CT molecular complexity index is 110. The summed E-state index contributed by atoms with van der Waals surface area (Å²) in [5.41, 5.74) is 0. The Morgan fingerprint density at radius 3 is 0.533 bits per heavy atom. The molecule has 0 aromatic heterocycles. The molecule has 15 heavy (non-hydrogen) atoms. The maximum atomic E-state index is 7.50. The van der Waals surface area contributed by atoms with Gasteiger partial charge in [-0.25, -0.2) is 0 Å². The van der Waals surface area contributed by atoms with Gasteiger partial charge in [-0.15, -0.1) is 0 Å². The van der Waals surface area contributed by atoms with E-state index in [1.54, 1.807) is 0 Å². The van der Waals surface area contributed by atoms with Gasteiger partial charge in [0, 0.05) is 20.4 Å². The van der Waals surface area contributed by atoms with Gasteiger partial charge in [-0.05, 0) is 0 Å². The SMILES string of the molecule is [C-]#[O+].[C-]#[O+].[C-]#[O+].[C-]#[O+].[C-]#[O+].[CH3][Sn]([CH3])[CH3].[Re]. The summed E-state index contributed by atoms with van der Waals surface area (Å²) >= 11 is -0.543. The van der Waals surface area contributed by atoms with Crippen LogP contribution >= 0.6 is 0 Å². The van der Waals surface area contributed by atoms with E-state index in [0.717, 1.165) is 0 Å². The second-order valence-corrected chi connectivity index (χ2v) is 10.1. The standard InChI is InChI=1S/5CO.3CH3.Re.Sn/c5*1-2;;;;;/h;;;;;3*1H3;;. The molecule has 0 unspecified atom stereocenters. The number of hydrogen-bond donors (Lipinski definition) is 0. The second-order valence-electron chi connectivity index (χ2n) is 1.50. The molecule has 2 radical (unpaired) electrons. The summed E-state index contributed by atoms with van der Waals surface area (Å²) < 4.78 is 37.5. The molecule has 0 heterocycles. The van der Waals surface area contributed by atoms with Crippen molar-refractivity contribution in [3.8, 4) is 0 Å². The van der Waals surface area contributed by atoms with E-state index in [1.165, 1.54) is 0 Å². The molecule has 0 aromatic rings. The van der Waals surface area contributed by atoms with Gasteiger partial charge in [0.25, 0.3) is 0 Å². The van der Waals surface area contributed by atoms with Crippen LogP contribution in [0.25, 0.3) is 0 Å². The molecule has 0 aliphatic carbocycles. The van der Waals surface area contributed by atoms with E-state index in [2.05, 4.69) is 48.1 Å². The minimum Gasteiger partial charge on any atom is 0 e. The molecule has 0 atom stereocenters. The first kappa shape index (κ1) is 45.6. The summed E-state index contributed by atoms with van der Waals surface area (Å²) in [6, 6.07) is 0. The molecular weight excluding hydrogens is 481 g/mol. The molecule has 0 fully saturated rings. The average Bonchev–Trinajstić information content (AvgIpc) is 2.30. The van der Waals surface area contributed by atoms with E-state index in [-0.39, 0.29) is 20.4 Å². The third kappa shape index (κ3) is 80800. The zero-order valence-electron chi connectivity index (χ0n) is 8.42. The summed E-state index contributed by atoms with van der Waals surface area (Å²) in [5.74, 6) is 0. The van der Waals surface area contributed by atoms with Crippen molar-refractivity contribution in [2.24, 2.45) is 0 Å². The molecule has 0 N–H and O–H groups in total. The summed E-state index contributed by atoms with van der Waals surface area (Å²) in [6.07, 6.45) is 0. The monoisotopic (exact) mass is 492 g/mol. The van der Waals surface area contributed by atoms with Gasteiger partial charge in [0.2, 0.25) is 0 Å². The van der Waals surface area contributed by atoms with Gasteiger partial charge in [0.05, 0.1) is 0 Å². The first-order valence-corrected chi connectivity index (χ1v) is 11.1. The molecule has 7 heteroatoms. The molecule has 0 rings (SSSR count). The van der Waals surface area contributed by atoms with Crippen molar-refractivity contribution in [3.63, 3.8) is 0 Å². The quantitative estimate of drug-likeness (QED) is 0.277. The van der Waals surface area contributed by atoms with Crippen LogP contribution in [0.4, 0.5) is 0 Å². The maximum absolute atomic E-state index is 7.50. The van der Waals surface area contributed by atoms with E-state index >= 15 is 0 Å². The molecule has 0 saturated heterocycles. The van der Waals surface area contributed by atoms with Crippen LogP contribution in [0.2, 0.25) is 14.8 Å². The first-order chi connectivity index (χ1) is 6.73. The molecule has 82 valence electrons. The van der Waals surface area contributed by atoms with E-state index in [4.69, 9.17) is 23.3 Å². The van der Waals surface area contributed by atoms with Crippen molar-refractivity contribution in [2.75, 3.05) is 0 Å². The Morgan fingerprint density at radius 1 is 0.533 bits per heavy atom. The van der Waals surface area contributed by atoms with Crippen LogP contribution in [-0.4, -0.2) is 19.8 Å². The van der Waals surface area contributed by atoms with Gasteiger partial charge in [-0.3, -0.25) is 0 Å². The normalized spacial score (nSPS) is 3.07.